The molecule has 0 fully saturated rings. The first-order valence-electron chi connectivity index (χ1n) is 11.9. The van der Waals surface area contributed by atoms with Gasteiger partial charge in [-0.25, -0.2) is 0 Å². The van der Waals surface area contributed by atoms with E-state index in [1.165, 1.54) is 16.9 Å². The number of aliphatic hydroxyl groups excluding tert-OH is 1. The van der Waals surface area contributed by atoms with Crippen LogP contribution in [0.2, 0.25) is 0 Å². The van der Waals surface area contributed by atoms with Crippen LogP contribution in [0.4, 0.5) is 11.4 Å². The second kappa shape index (κ2) is 9.43. The highest BCUT2D eigenvalue weighted by atomic mass is 79.9. The molecule has 1 N–H and O–H groups in total. The molecule has 4 heterocycles. The third-order valence-corrected chi connectivity index (χ3v) is 7.37. The van der Waals surface area contributed by atoms with E-state index in [9.17, 15) is 5.11 Å². The molecular formula is C27H31BrN4O. The number of aromatic nitrogens is 2. The number of hydrogen-bond donors (Lipinski definition) is 1. The number of hydrogen-bond acceptors (Lipinski definition) is 5. The highest BCUT2D eigenvalue weighted by Gasteiger charge is 2.25. The maximum Gasteiger partial charge on any atom is 0.0889 e. The molecule has 1 aromatic carbocycles. The molecule has 3 aromatic rings. The van der Waals surface area contributed by atoms with Crippen LogP contribution in [-0.4, -0.2) is 47.4 Å². The summed E-state index contributed by atoms with van der Waals surface area (Å²) in [5.74, 6) is 0. The number of halogens is 1. The third kappa shape index (κ3) is 4.78. The summed E-state index contributed by atoms with van der Waals surface area (Å²) in [5.41, 5.74) is 9.12. The van der Waals surface area contributed by atoms with Gasteiger partial charge in [0.25, 0.3) is 0 Å². The van der Waals surface area contributed by atoms with Crippen LogP contribution in [0.25, 0.3) is 11.3 Å². The molecule has 0 saturated carbocycles. The van der Waals surface area contributed by atoms with Crippen molar-refractivity contribution in [2.75, 3.05) is 36.0 Å². The Balaban J connectivity index is 1.30. The van der Waals surface area contributed by atoms with E-state index in [0.717, 1.165) is 71.6 Å². The van der Waals surface area contributed by atoms with E-state index in [2.05, 4.69) is 82.0 Å². The molecule has 2 aromatic heterocycles. The molecule has 0 radical (unpaired) electrons. The topological polar surface area (TPSA) is 52.5 Å². The zero-order valence-electron chi connectivity index (χ0n) is 19.4. The molecule has 6 heteroatoms. The Kier molecular flexibility index (Phi) is 6.39. The Hall–Kier alpha value is -2.44. The van der Waals surface area contributed by atoms with Crippen LogP contribution >= 0.6 is 15.9 Å². The monoisotopic (exact) mass is 506 g/mol. The van der Waals surface area contributed by atoms with Gasteiger partial charge in [-0.2, -0.15) is 0 Å². The van der Waals surface area contributed by atoms with Crippen LogP contribution in [0.5, 0.6) is 0 Å². The number of benzene rings is 1. The SMILES string of the molecule is Cc1cc2c(nc1C)CCCN2C[C@@H](O)CN1CCCc2nc(-c3ccc(Br)cc3)ccc21. The van der Waals surface area contributed by atoms with Gasteiger partial charge in [-0.3, -0.25) is 9.97 Å². The average Bonchev–Trinajstić information content (AvgIpc) is 2.81. The van der Waals surface area contributed by atoms with Crippen molar-refractivity contribution >= 4 is 27.3 Å². The van der Waals surface area contributed by atoms with Crippen molar-refractivity contribution in [1.82, 2.24) is 9.97 Å². The Morgan fingerprint density at radius 2 is 1.52 bits per heavy atom. The molecule has 33 heavy (non-hydrogen) atoms. The molecule has 0 saturated heterocycles. The summed E-state index contributed by atoms with van der Waals surface area (Å²) in [5, 5.41) is 11.1. The second-order valence-electron chi connectivity index (χ2n) is 9.28. The summed E-state index contributed by atoms with van der Waals surface area (Å²) >= 11 is 3.50. The minimum atomic E-state index is -0.436. The molecule has 0 bridgehead atoms. The molecule has 0 spiro atoms. The van der Waals surface area contributed by atoms with E-state index >= 15 is 0 Å². The van der Waals surface area contributed by atoms with E-state index in [1.54, 1.807) is 0 Å². The summed E-state index contributed by atoms with van der Waals surface area (Å²) < 4.78 is 1.07. The first-order valence-corrected chi connectivity index (χ1v) is 12.7. The summed E-state index contributed by atoms with van der Waals surface area (Å²) in [4.78, 5) is 14.4. The Morgan fingerprint density at radius 1 is 0.879 bits per heavy atom. The van der Waals surface area contributed by atoms with Crippen molar-refractivity contribution < 1.29 is 5.11 Å². The smallest absolute Gasteiger partial charge is 0.0889 e. The molecule has 5 rings (SSSR count). The maximum atomic E-state index is 11.1. The van der Waals surface area contributed by atoms with Crippen LogP contribution in [0.1, 0.15) is 35.5 Å². The van der Waals surface area contributed by atoms with Crippen LogP contribution in [0.15, 0.2) is 46.9 Å². The van der Waals surface area contributed by atoms with E-state index < -0.39 is 6.10 Å². The number of β-amino-alcohol motifs (C(OH)–C–C–N with tert-alkyl or cyclic N) is 1. The van der Waals surface area contributed by atoms with Crippen molar-refractivity contribution in [3.05, 3.63) is 69.6 Å². The third-order valence-electron chi connectivity index (χ3n) is 6.84. The maximum absolute atomic E-state index is 11.1. The number of pyridine rings is 2. The predicted octanol–water partition coefficient (Wildman–Crippen LogP) is 5.09. The van der Waals surface area contributed by atoms with Gasteiger partial charge < -0.3 is 14.9 Å². The molecule has 2 aliphatic heterocycles. The number of aliphatic hydroxyl groups is 1. The Labute approximate surface area is 204 Å². The van der Waals surface area contributed by atoms with Crippen LogP contribution < -0.4 is 9.80 Å². The van der Waals surface area contributed by atoms with Crippen molar-refractivity contribution in [2.24, 2.45) is 0 Å². The lowest BCUT2D eigenvalue weighted by Crippen LogP contribution is -2.44. The van der Waals surface area contributed by atoms with Gasteiger partial charge in [0.15, 0.2) is 0 Å². The molecule has 1 atom stereocenters. The molecule has 172 valence electrons. The highest BCUT2D eigenvalue weighted by Crippen LogP contribution is 2.31. The zero-order chi connectivity index (χ0) is 22.9. The van der Waals surface area contributed by atoms with Crippen molar-refractivity contribution in [1.29, 1.82) is 0 Å². The predicted molar refractivity (Wildman–Crippen MR) is 138 cm³/mol. The summed E-state index contributed by atoms with van der Waals surface area (Å²) in [6, 6.07) is 14.8. The van der Waals surface area contributed by atoms with Crippen molar-refractivity contribution in [3.63, 3.8) is 0 Å². The summed E-state index contributed by atoms with van der Waals surface area (Å²) in [7, 11) is 0. The van der Waals surface area contributed by atoms with Gasteiger partial charge in [0.05, 0.1) is 34.6 Å². The van der Waals surface area contributed by atoms with Gasteiger partial charge in [-0.05, 0) is 75.4 Å². The fourth-order valence-electron chi connectivity index (χ4n) is 5.01. The van der Waals surface area contributed by atoms with Gasteiger partial charge >= 0.3 is 0 Å². The Bertz CT molecular complexity index is 1150. The lowest BCUT2D eigenvalue weighted by atomic mass is 10.0. The van der Waals surface area contributed by atoms with Crippen molar-refractivity contribution in [2.45, 2.75) is 45.6 Å². The number of anilines is 2. The number of aryl methyl sites for hydroxylation is 4. The van der Waals surface area contributed by atoms with Crippen LogP contribution in [0.3, 0.4) is 0 Å². The molecule has 0 aliphatic carbocycles. The molecule has 5 nitrogen and oxygen atoms in total. The van der Waals surface area contributed by atoms with Gasteiger partial charge in [-0.15, -0.1) is 0 Å². The minimum absolute atomic E-state index is 0.436. The quantitative estimate of drug-likeness (QED) is 0.522. The van der Waals surface area contributed by atoms with E-state index in [1.807, 2.05) is 0 Å². The average molecular weight is 507 g/mol. The summed E-state index contributed by atoms with van der Waals surface area (Å²) in [6.45, 7) is 7.38. The summed E-state index contributed by atoms with van der Waals surface area (Å²) in [6.07, 6.45) is 3.72. The molecule has 0 unspecified atom stereocenters. The highest BCUT2D eigenvalue weighted by molar-refractivity contribution is 9.10. The van der Waals surface area contributed by atoms with Crippen LogP contribution in [0, 0.1) is 13.8 Å². The Morgan fingerprint density at radius 3 is 2.21 bits per heavy atom. The van der Waals surface area contributed by atoms with E-state index in [-0.39, 0.29) is 0 Å². The first-order chi connectivity index (χ1) is 16.0. The number of nitrogens with zero attached hydrogens (tertiary/aromatic N) is 4. The minimum Gasteiger partial charge on any atom is -0.389 e. The zero-order valence-corrected chi connectivity index (χ0v) is 21.0. The fourth-order valence-corrected chi connectivity index (χ4v) is 5.27. The lowest BCUT2D eigenvalue weighted by Gasteiger charge is -2.36. The largest absolute Gasteiger partial charge is 0.389 e. The standard InChI is InChI=1S/C27H31BrN4O/c1-18-15-27-25(29-19(18)2)6-4-14-32(27)17-22(33)16-31-13-3-5-24-26(31)12-11-23(30-24)20-7-9-21(28)10-8-20/h7-12,15,22,33H,3-6,13-14,16-17H2,1-2H3/t22-/m0/s1. The normalized spacial score (nSPS) is 16.4. The number of fused-ring (bicyclic) bond motifs is 2. The van der Waals surface area contributed by atoms with Gasteiger partial charge in [0.1, 0.15) is 0 Å². The van der Waals surface area contributed by atoms with Gasteiger partial charge in [0, 0.05) is 41.9 Å². The molecular weight excluding hydrogens is 476 g/mol. The van der Waals surface area contributed by atoms with Crippen molar-refractivity contribution in [3.8, 4) is 11.3 Å². The van der Waals surface area contributed by atoms with Gasteiger partial charge in [0.2, 0.25) is 0 Å². The van der Waals surface area contributed by atoms with E-state index in [0.29, 0.717) is 13.1 Å². The number of rotatable bonds is 5. The first kappa shape index (κ1) is 22.4. The fraction of sp³-hybridized carbons (Fsp3) is 0.407. The molecule has 0 amide bonds. The van der Waals surface area contributed by atoms with Crippen LogP contribution in [-0.2, 0) is 12.8 Å². The van der Waals surface area contributed by atoms with E-state index in [4.69, 9.17) is 9.97 Å². The van der Waals surface area contributed by atoms with Gasteiger partial charge in [-0.1, -0.05) is 28.1 Å². The molecule has 2 aliphatic rings. The second-order valence-corrected chi connectivity index (χ2v) is 10.2. The lowest BCUT2D eigenvalue weighted by molar-refractivity contribution is 0.183.